The number of piperidine rings is 1. The predicted octanol–water partition coefficient (Wildman–Crippen LogP) is 4.76. The third-order valence-corrected chi connectivity index (χ3v) is 5.14. The quantitative estimate of drug-likeness (QED) is 0.623. The van der Waals surface area contributed by atoms with E-state index < -0.39 is 0 Å². The van der Waals surface area contributed by atoms with Crippen LogP contribution >= 0.6 is 0 Å². The summed E-state index contributed by atoms with van der Waals surface area (Å²) < 4.78 is 11.0. The van der Waals surface area contributed by atoms with E-state index in [-0.39, 0.29) is 11.8 Å². The molecule has 6 heteroatoms. The second-order valence-corrected chi connectivity index (χ2v) is 7.48. The highest BCUT2D eigenvalue weighted by Gasteiger charge is 2.20. The monoisotopic (exact) mass is 422 g/mol. The van der Waals surface area contributed by atoms with Gasteiger partial charge in [-0.15, -0.1) is 0 Å². The zero-order valence-corrected chi connectivity index (χ0v) is 18.2. The van der Waals surface area contributed by atoms with Crippen LogP contribution in [0.25, 0.3) is 6.08 Å². The molecule has 1 aliphatic rings. The molecule has 3 rings (SSSR count). The van der Waals surface area contributed by atoms with E-state index in [0.29, 0.717) is 29.4 Å². The van der Waals surface area contributed by atoms with Gasteiger partial charge in [0, 0.05) is 19.2 Å². The van der Waals surface area contributed by atoms with Gasteiger partial charge in [0.05, 0.1) is 25.0 Å². The minimum Gasteiger partial charge on any atom is -0.493 e. The van der Waals surface area contributed by atoms with Crippen molar-refractivity contribution in [2.75, 3.05) is 32.1 Å². The molecule has 6 nitrogen and oxygen atoms in total. The first-order valence-corrected chi connectivity index (χ1v) is 10.8. The van der Waals surface area contributed by atoms with E-state index in [1.54, 1.807) is 25.3 Å². The molecule has 0 aliphatic carbocycles. The summed E-state index contributed by atoms with van der Waals surface area (Å²) in [6.07, 6.45) is 7.26. The van der Waals surface area contributed by atoms with Gasteiger partial charge >= 0.3 is 0 Å². The van der Waals surface area contributed by atoms with E-state index in [2.05, 4.69) is 5.32 Å². The van der Waals surface area contributed by atoms with Crippen LogP contribution in [0.4, 0.5) is 5.69 Å². The standard InChI is InChI=1S/C25H30N2O4/c1-3-17-31-22-13-11-19(18-23(22)30-2)12-14-24(28)26-21-10-6-5-9-20(21)25(29)27-15-7-4-8-16-27/h5-6,9-14,18H,3-4,7-8,15-17H2,1-2H3,(H,26,28). The van der Waals surface area contributed by atoms with Crippen LogP contribution in [0, 0.1) is 0 Å². The number of ether oxygens (including phenoxy) is 2. The second-order valence-electron chi connectivity index (χ2n) is 7.48. The minimum atomic E-state index is -0.302. The van der Waals surface area contributed by atoms with E-state index >= 15 is 0 Å². The smallest absolute Gasteiger partial charge is 0.255 e. The molecule has 1 saturated heterocycles. The van der Waals surface area contributed by atoms with Gasteiger partial charge in [0.1, 0.15) is 0 Å². The Morgan fingerprint density at radius 2 is 1.84 bits per heavy atom. The first-order valence-electron chi connectivity index (χ1n) is 10.8. The molecule has 0 atom stereocenters. The Bertz CT molecular complexity index is 933. The fourth-order valence-corrected chi connectivity index (χ4v) is 3.51. The zero-order valence-electron chi connectivity index (χ0n) is 18.2. The normalized spacial score (nSPS) is 13.8. The van der Waals surface area contributed by atoms with E-state index in [9.17, 15) is 9.59 Å². The largest absolute Gasteiger partial charge is 0.493 e. The molecule has 0 radical (unpaired) electrons. The molecule has 1 N–H and O–H groups in total. The summed E-state index contributed by atoms with van der Waals surface area (Å²) in [4.78, 5) is 27.3. The van der Waals surface area contributed by atoms with Crippen LogP contribution in [-0.2, 0) is 4.79 Å². The third kappa shape index (κ3) is 6.10. The molecule has 0 unspecified atom stereocenters. The van der Waals surface area contributed by atoms with E-state index in [4.69, 9.17) is 9.47 Å². The number of rotatable bonds is 8. The SMILES string of the molecule is CCCOc1ccc(C=CC(=O)Nc2ccccc2C(=O)N2CCCCC2)cc1OC. The van der Waals surface area contributed by atoms with E-state index in [1.807, 2.05) is 42.2 Å². The Morgan fingerprint density at radius 1 is 1.06 bits per heavy atom. The van der Waals surface area contributed by atoms with Crippen LogP contribution in [0.15, 0.2) is 48.5 Å². The Hall–Kier alpha value is -3.28. The molecule has 0 saturated carbocycles. The summed E-state index contributed by atoms with van der Waals surface area (Å²) in [5.41, 5.74) is 1.85. The summed E-state index contributed by atoms with van der Waals surface area (Å²) in [6.45, 7) is 4.19. The number of carbonyl (C=O) groups is 2. The maximum Gasteiger partial charge on any atom is 0.255 e. The van der Waals surface area contributed by atoms with Crippen LogP contribution in [0.5, 0.6) is 11.5 Å². The summed E-state index contributed by atoms with van der Waals surface area (Å²) in [5, 5.41) is 2.84. The minimum absolute atomic E-state index is 0.0352. The highest BCUT2D eigenvalue weighted by Crippen LogP contribution is 2.28. The summed E-state index contributed by atoms with van der Waals surface area (Å²) in [5.74, 6) is 0.959. The topological polar surface area (TPSA) is 67.9 Å². The maximum atomic E-state index is 12.9. The van der Waals surface area contributed by atoms with Crippen molar-refractivity contribution < 1.29 is 19.1 Å². The van der Waals surface area contributed by atoms with Crippen molar-refractivity contribution in [1.82, 2.24) is 4.90 Å². The molecule has 0 bridgehead atoms. The number of nitrogens with one attached hydrogen (secondary N) is 1. The molecule has 2 aromatic rings. The summed E-state index contributed by atoms with van der Waals surface area (Å²) in [7, 11) is 1.59. The van der Waals surface area contributed by atoms with E-state index in [0.717, 1.165) is 44.3 Å². The number of hydrogen-bond donors (Lipinski definition) is 1. The van der Waals surface area contributed by atoms with Gasteiger partial charge in [-0.1, -0.05) is 25.1 Å². The van der Waals surface area contributed by atoms with Gasteiger partial charge in [0.25, 0.3) is 5.91 Å². The van der Waals surface area contributed by atoms with Crippen LogP contribution in [0.3, 0.4) is 0 Å². The van der Waals surface area contributed by atoms with Crippen molar-refractivity contribution in [1.29, 1.82) is 0 Å². The van der Waals surface area contributed by atoms with Crippen molar-refractivity contribution >= 4 is 23.6 Å². The molecule has 2 amide bonds. The van der Waals surface area contributed by atoms with Gasteiger partial charge in [0.15, 0.2) is 11.5 Å². The molecule has 164 valence electrons. The van der Waals surface area contributed by atoms with Crippen molar-refractivity contribution in [3.8, 4) is 11.5 Å². The molecule has 2 aromatic carbocycles. The number of benzene rings is 2. The van der Waals surface area contributed by atoms with Gasteiger partial charge in [-0.2, -0.15) is 0 Å². The number of para-hydroxylation sites is 1. The van der Waals surface area contributed by atoms with Gasteiger partial charge < -0.3 is 19.7 Å². The molecule has 31 heavy (non-hydrogen) atoms. The lowest BCUT2D eigenvalue weighted by molar-refractivity contribution is -0.111. The molecule has 1 heterocycles. The first kappa shape index (κ1) is 22.4. The third-order valence-electron chi connectivity index (χ3n) is 5.14. The number of likely N-dealkylation sites (tertiary alicyclic amines) is 1. The number of methoxy groups -OCH3 is 1. The van der Waals surface area contributed by atoms with Gasteiger partial charge in [-0.05, 0) is 61.6 Å². The number of nitrogens with zero attached hydrogens (tertiary/aromatic N) is 1. The Morgan fingerprint density at radius 3 is 2.58 bits per heavy atom. The number of carbonyl (C=O) groups excluding carboxylic acids is 2. The number of anilines is 1. The molecule has 1 fully saturated rings. The lowest BCUT2D eigenvalue weighted by atomic mass is 10.1. The fraction of sp³-hybridized carbons (Fsp3) is 0.360. The summed E-state index contributed by atoms with van der Waals surface area (Å²) in [6, 6.07) is 12.7. The van der Waals surface area contributed by atoms with Crippen molar-refractivity contribution in [3.05, 3.63) is 59.7 Å². The van der Waals surface area contributed by atoms with Gasteiger partial charge in [0.2, 0.25) is 5.91 Å². The van der Waals surface area contributed by atoms with Crippen molar-refractivity contribution in [3.63, 3.8) is 0 Å². The van der Waals surface area contributed by atoms with Gasteiger partial charge in [-0.3, -0.25) is 9.59 Å². The highest BCUT2D eigenvalue weighted by molar-refractivity contribution is 6.07. The molecule has 1 aliphatic heterocycles. The van der Waals surface area contributed by atoms with Crippen LogP contribution in [-0.4, -0.2) is 43.5 Å². The Kier molecular flexibility index (Phi) is 8.10. The lowest BCUT2D eigenvalue weighted by Crippen LogP contribution is -2.36. The Balaban J connectivity index is 1.68. The molecule has 0 spiro atoms. The maximum absolute atomic E-state index is 12.9. The number of hydrogen-bond acceptors (Lipinski definition) is 4. The molecule has 0 aromatic heterocycles. The first-order chi connectivity index (χ1) is 15.1. The van der Waals surface area contributed by atoms with Crippen molar-refractivity contribution in [2.45, 2.75) is 32.6 Å². The zero-order chi connectivity index (χ0) is 22.1. The van der Waals surface area contributed by atoms with Crippen LogP contribution in [0.2, 0.25) is 0 Å². The van der Waals surface area contributed by atoms with Crippen LogP contribution < -0.4 is 14.8 Å². The lowest BCUT2D eigenvalue weighted by Gasteiger charge is -2.27. The highest BCUT2D eigenvalue weighted by atomic mass is 16.5. The van der Waals surface area contributed by atoms with Crippen LogP contribution in [0.1, 0.15) is 48.5 Å². The predicted molar refractivity (Wildman–Crippen MR) is 123 cm³/mol. The molecular weight excluding hydrogens is 392 g/mol. The van der Waals surface area contributed by atoms with Gasteiger partial charge in [-0.25, -0.2) is 0 Å². The number of amides is 2. The van der Waals surface area contributed by atoms with E-state index in [1.165, 1.54) is 6.08 Å². The van der Waals surface area contributed by atoms with Crippen molar-refractivity contribution in [2.24, 2.45) is 0 Å². The average molecular weight is 423 g/mol. The average Bonchev–Trinajstić information content (AvgIpc) is 2.82. The molecular formula is C25H30N2O4. The summed E-state index contributed by atoms with van der Waals surface area (Å²) >= 11 is 0. The Labute approximate surface area is 183 Å². The fourth-order valence-electron chi connectivity index (χ4n) is 3.51. The second kappa shape index (κ2) is 11.2.